The molecule has 9 nitrogen and oxygen atoms in total. The van der Waals surface area contributed by atoms with Crippen molar-refractivity contribution in [1.82, 2.24) is 29.3 Å². The summed E-state index contributed by atoms with van der Waals surface area (Å²) < 4.78 is 3.75. The molecule has 3 aromatic rings. The molecule has 146 valence electrons. The highest BCUT2D eigenvalue weighted by molar-refractivity contribution is 5.87. The number of aromatic carboxylic acids is 1. The first-order valence-corrected chi connectivity index (χ1v) is 9.26. The van der Waals surface area contributed by atoms with Gasteiger partial charge < -0.3 is 14.6 Å². The van der Waals surface area contributed by atoms with Crippen molar-refractivity contribution in [1.29, 1.82) is 0 Å². The van der Waals surface area contributed by atoms with Crippen LogP contribution >= 0.6 is 0 Å². The predicted molar refractivity (Wildman–Crippen MR) is 103 cm³/mol. The van der Waals surface area contributed by atoms with Crippen molar-refractivity contribution in [3.63, 3.8) is 0 Å². The van der Waals surface area contributed by atoms with E-state index in [2.05, 4.69) is 27.0 Å². The van der Waals surface area contributed by atoms with Gasteiger partial charge in [0.25, 0.3) is 0 Å². The van der Waals surface area contributed by atoms with Crippen molar-refractivity contribution in [3.05, 3.63) is 41.7 Å². The molecule has 1 aliphatic heterocycles. The molecule has 0 aromatic carbocycles. The van der Waals surface area contributed by atoms with E-state index in [1.54, 1.807) is 18.6 Å². The van der Waals surface area contributed by atoms with E-state index in [0.717, 1.165) is 22.6 Å². The van der Waals surface area contributed by atoms with E-state index in [4.69, 9.17) is 0 Å². The molecule has 0 unspecified atom stereocenters. The number of fused-ring (bicyclic) bond motifs is 1. The number of imidazole rings is 1. The second-order valence-electron chi connectivity index (χ2n) is 7.47. The van der Waals surface area contributed by atoms with Crippen LogP contribution in [0.25, 0.3) is 11.4 Å². The summed E-state index contributed by atoms with van der Waals surface area (Å²) in [5.74, 6) is 0.483. The van der Waals surface area contributed by atoms with Crippen molar-refractivity contribution in [2.24, 2.45) is 7.05 Å². The van der Waals surface area contributed by atoms with Gasteiger partial charge in [-0.05, 0) is 13.8 Å². The van der Waals surface area contributed by atoms with Crippen molar-refractivity contribution >= 4 is 11.9 Å². The number of carboxylic acid groups (broad SMARTS) is 1. The Labute approximate surface area is 162 Å². The van der Waals surface area contributed by atoms with Gasteiger partial charge in [-0.1, -0.05) is 6.92 Å². The number of carbonyl (C=O) groups is 1. The summed E-state index contributed by atoms with van der Waals surface area (Å²) >= 11 is 0. The topological polar surface area (TPSA) is 102 Å². The van der Waals surface area contributed by atoms with Crippen LogP contribution in [0.2, 0.25) is 0 Å². The predicted octanol–water partition coefficient (Wildman–Crippen LogP) is 2.48. The molecule has 0 bridgehead atoms. The lowest BCUT2D eigenvalue weighted by molar-refractivity contribution is 0.0688. The average Bonchev–Trinajstić information content (AvgIpc) is 3.26. The van der Waals surface area contributed by atoms with E-state index < -0.39 is 5.97 Å². The minimum Gasteiger partial charge on any atom is -0.476 e. The maximum atomic E-state index is 11.7. The standard InChI is InChI=1S/C19H23N7O2/c1-11(2)26-16-12(3)9-25(10-14(16)15(23-26)18(27)28)19-21-7-13(8-22-19)17-20-5-6-24(17)4/h5-8,11-12H,9-10H2,1-4H3,(H,27,28)/t12-/m0/s1. The van der Waals surface area contributed by atoms with Gasteiger partial charge in [0, 0.05) is 61.6 Å². The molecule has 0 amide bonds. The third kappa shape index (κ3) is 2.92. The van der Waals surface area contributed by atoms with E-state index in [1.165, 1.54) is 0 Å². The van der Waals surface area contributed by atoms with E-state index in [9.17, 15) is 9.90 Å². The van der Waals surface area contributed by atoms with Gasteiger partial charge in [0.05, 0.1) is 12.1 Å². The molecule has 0 fully saturated rings. The third-order valence-electron chi connectivity index (χ3n) is 5.05. The average molecular weight is 381 g/mol. The number of anilines is 1. The van der Waals surface area contributed by atoms with Crippen LogP contribution in [0.4, 0.5) is 5.95 Å². The van der Waals surface area contributed by atoms with E-state index >= 15 is 0 Å². The Morgan fingerprint density at radius 3 is 2.54 bits per heavy atom. The summed E-state index contributed by atoms with van der Waals surface area (Å²) in [5.41, 5.74) is 2.69. The lowest BCUT2D eigenvalue weighted by Crippen LogP contribution is -2.35. The molecule has 28 heavy (non-hydrogen) atoms. The van der Waals surface area contributed by atoms with Crippen molar-refractivity contribution < 1.29 is 9.90 Å². The summed E-state index contributed by atoms with van der Waals surface area (Å²) in [6.45, 7) is 7.23. The first-order valence-electron chi connectivity index (χ1n) is 9.26. The molecule has 1 N–H and O–H groups in total. The molecule has 1 aliphatic rings. The maximum absolute atomic E-state index is 11.7. The fourth-order valence-electron chi connectivity index (χ4n) is 3.79. The molecule has 4 heterocycles. The van der Waals surface area contributed by atoms with Gasteiger partial charge in [0.2, 0.25) is 5.95 Å². The fourth-order valence-corrected chi connectivity index (χ4v) is 3.79. The summed E-state index contributed by atoms with van der Waals surface area (Å²) in [7, 11) is 1.92. The summed E-state index contributed by atoms with van der Waals surface area (Å²) in [6, 6.07) is 0.101. The molecule has 0 spiro atoms. The van der Waals surface area contributed by atoms with Gasteiger partial charge in [-0.15, -0.1) is 0 Å². The number of hydrogen-bond donors (Lipinski definition) is 1. The molecule has 0 saturated carbocycles. The second-order valence-corrected chi connectivity index (χ2v) is 7.47. The molecule has 0 radical (unpaired) electrons. The Morgan fingerprint density at radius 2 is 1.96 bits per heavy atom. The molecule has 3 aromatic heterocycles. The first kappa shape index (κ1) is 18.1. The van der Waals surface area contributed by atoms with Crippen LogP contribution in [0, 0.1) is 0 Å². The van der Waals surface area contributed by atoms with Crippen LogP contribution in [0.15, 0.2) is 24.8 Å². The molecule has 1 atom stereocenters. The Morgan fingerprint density at radius 1 is 1.25 bits per heavy atom. The summed E-state index contributed by atoms with van der Waals surface area (Å²) in [5, 5.41) is 14.0. The van der Waals surface area contributed by atoms with Gasteiger partial charge in [0.15, 0.2) is 5.69 Å². The zero-order chi connectivity index (χ0) is 20.0. The van der Waals surface area contributed by atoms with Gasteiger partial charge in [-0.25, -0.2) is 19.7 Å². The molecule has 0 saturated heterocycles. The van der Waals surface area contributed by atoms with Gasteiger partial charge in [-0.3, -0.25) is 4.68 Å². The van der Waals surface area contributed by atoms with Crippen LogP contribution in [0.3, 0.4) is 0 Å². The second kappa shape index (κ2) is 6.74. The molecule has 0 aliphatic carbocycles. The van der Waals surface area contributed by atoms with Crippen LogP contribution < -0.4 is 4.90 Å². The molecule has 4 rings (SSSR count). The highest BCUT2D eigenvalue weighted by atomic mass is 16.4. The highest BCUT2D eigenvalue weighted by Gasteiger charge is 2.33. The van der Waals surface area contributed by atoms with Crippen LogP contribution in [-0.2, 0) is 13.6 Å². The van der Waals surface area contributed by atoms with Gasteiger partial charge in [-0.2, -0.15) is 5.10 Å². The molecule has 9 heteroatoms. The highest BCUT2D eigenvalue weighted by Crippen LogP contribution is 2.33. The van der Waals surface area contributed by atoms with Crippen molar-refractivity contribution in [2.45, 2.75) is 39.3 Å². The quantitative estimate of drug-likeness (QED) is 0.740. The zero-order valence-corrected chi connectivity index (χ0v) is 16.4. The largest absolute Gasteiger partial charge is 0.476 e. The van der Waals surface area contributed by atoms with E-state index in [1.807, 2.05) is 41.2 Å². The Balaban J connectivity index is 1.68. The number of carboxylic acids is 1. The van der Waals surface area contributed by atoms with Crippen molar-refractivity contribution in [3.8, 4) is 11.4 Å². The molecular formula is C19H23N7O2. The van der Waals surface area contributed by atoms with Crippen LogP contribution in [-0.4, -0.2) is 46.9 Å². The molecular weight excluding hydrogens is 358 g/mol. The van der Waals surface area contributed by atoms with Crippen LogP contribution in [0.1, 0.15) is 54.5 Å². The number of hydrogen-bond acceptors (Lipinski definition) is 6. The van der Waals surface area contributed by atoms with E-state index in [0.29, 0.717) is 19.0 Å². The summed E-state index contributed by atoms with van der Waals surface area (Å²) in [4.78, 5) is 27.1. The number of rotatable bonds is 4. The normalized spacial score (nSPS) is 16.5. The number of nitrogens with zero attached hydrogens (tertiary/aromatic N) is 7. The third-order valence-corrected chi connectivity index (χ3v) is 5.05. The van der Waals surface area contributed by atoms with Crippen LogP contribution in [0.5, 0.6) is 0 Å². The van der Waals surface area contributed by atoms with Crippen molar-refractivity contribution in [2.75, 3.05) is 11.4 Å². The minimum absolute atomic E-state index is 0.101. The first-order chi connectivity index (χ1) is 13.4. The number of aromatic nitrogens is 6. The smallest absolute Gasteiger partial charge is 0.356 e. The van der Waals surface area contributed by atoms with E-state index in [-0.39, 0.29) is 17.7 Å². The minimum atomic E-state index is -1.00. The maximum Gasteiger partial charge on any atom is 0.356 e. The van der Waals surface area contributed by atoms with Gasteiger partial charge >= 0.3 is 5.97 Å². The van der Waals surface area contributed by atoms with Gasteiger partial charge in [0.1, 0.15) is 5.82 Å². The monoisotopic (exact) mass is 381 g/mol. The number of aryl methyl sites for hydroxylation is 1. The SMILES string of the molecule is CC(C)n1nc(C(=O)O)c2c1[C@@H](C)CN(c1ncc(-c3nccn3C)cn1)C2. The zero-order valence-electron chi connectivity index (χ0n) is 16.4. The fraction of sp³-hybridized carbons (Fsp3) is 0.421. The Hall–Kier alpha value is -3.23. The Kier molecular flexibility index (Phi) is 4.37. The lowest BCUT2D eigenvalue weighted by atomic mass is 9.96. The Bertz CT molecular complexity index is 1020. The lowest BCUT2D eigenvalue weighted by Gasteiger charge is -2.32. The summed E-state index contributed by atoms with van der Waals surface area (Å²) in [6.07, 6.45) is 7.11.